The van der Waals surface area contributed by atoms with Crippen LogP contribution < -0.4 is 4.74 Å². The lowest BCUT2D eigenvalue weighted by atomic mass is 10.1. The molecule has 1 aliphatic rings. The molecule has 1 heterocycles. The first-order valence-corrected chi connectivity index (χ1v) is 3.72. The van der Waals surface area contributed by atoms with Crippen LogP contribution in [0.2, 0.25) is 0 Å². The molecule has 12 heavy (non-hydrogen) atoms. The lowest BCUT2D eigenvalue weighted by Gasteiger charge is -2.13. The predicted octanol–water partition coefficient (Wildman–Crippen LogP) is 1.89. The molecule has 1 aromatic carbocycles. The molecule has 1 aliphatic heterocycles. The van der Waals surface area contributed by atoms with Crippen LogP contribution in [-0.4, -0.2) is 13.5 Å². The highest BCUT2D eigenvalue weighted by atomic mass is 16.5. The summed E-state index contributed by atoms with van der Waals surface area (Å²) in [4.78, 5) is 4.07. The van der Waals surface area contributed by atoms with Gasteiger partial charge in [-0.2, -0.15) is 0 Å². The zero-order chi connectivity index (χ0) is 8.39. The van der Waals surface area contributed by atoms with Crippen LogP contribution in [0.5, 0.6) is 5.75 Å². The van der Waals surface area contributed by atoms with E-state index in [1.807, 2.05) is 18.2 Å². The Morgan fingerprint density at radius 3 is 3.25 bits per heavy atom. The first-order chi connectivity index (χ1) is 5.92. The van der Waals surface area contributed by atoms with Crippen LogP contribution in [0.3, 0.4) is 0 Å². The molecule has 0 unspecified atom stereocenters. The summed E-state index contributed by atoms with van der Waals surface area (Å²) in [5, 5.41) is 0. The van der Waals surface area contributed by atoms with Crippen molar-refractivity contribution >= 4 is 12.1 Å². The molecule has 0 spiro atoms. The van der Waals surface area contributed by atoms with Gasteiger partial charge < -0.3 is 9.47 Å². The molecule has 0 saturated heterocycles. The van der Waals surface area contributed by atoms with Crippen LogP contribution in [0, 0.1) is 0 Å². The summed E-state index contributed by atoms with van der Waals surface area (Å²) in [6, 6.07) is 5.76. The van der Waals surface area contributed by atoms with E-state index in [9.17, 15) is 0 Å². The minimum absolute atomic E-state index is 0.544. The second-order valence-electron chi connectivity index (χ2n) is 2.50. The number of hydrogen-bond donors (Lipinski definition) is 0. The second-order valence-corrected chi connectivity index (χ2v) is 2.50. The van der Waals surface area contributed by atoms with Gasteiger partial charge in [-0.25, -0.2) is 4.99 Å². The minimum atomic E-state index is 0.544. The standard InChI is InChI=1S/C9H9NO2/c1-11-9-4-2-3-8-7(9)5-12-6-10-8/h2-4,6H,5H2,1H3. The van der Waals surface area contributed by atoms with E-state index in [1.54, 1.807) is 7.11 Å². The highest BCUT2D eigenvalue weighted by Gasteiger charge is 2.10. The van der Waals surface area contributed by atoms with E-state index in [0.29, 0.717) is 6.61 Å². The molecule has 0 radical (unpaired) electrons. The van der Waals surface area contributed by atoms with E-state index in [2.05, 4.69) is 4.99 Å². The first kappa shape index (κ1) is 7.16. The summed E-state index contributed by atoms with van der Waals surface area (Å²) in [5.41, 5.74) is 1.95. The lowest BCUT2D eigenvalue weighted by Crippen LogP contribution is -1.99. The van der Waals surface area contributed by atoms with Crippen LogP contribution in [0.4, 0.5) is 5.69 Å². The van der Waals surface area contributed by atoms with Gasteiger partial charge in [0, 0.05) is 0 Å². The molecular weight excluding hydrogens is 154 g/mol. The van der Waals surface area contributed by atoms with Crippen molar-refractivity contribution in [3.8, 4) is 5.75 Å². The summed E-state index contributed by atoms with van der Waals surface area (Å²) in [6.07, 6.45) is 1.46. The molecule has 1 aromatic rings. The zero-order valence-corrected chi connectivity index (χ0v) is 6.78. The van der Waals surface area contributed by atoms with Gasteiger partial charge in [0.1, 0.15) is 12.4 Å². The van der Waals surface area contributed by atoms with Gasteiger partial charge in [-0.15, -0.1) is 0 Å². The maximum Gasteiger partial charge on any atom is 0.175 e. The maximum absolute atomic E-state index is 5.16. The molecule has 0 fully saturated rings. The summed E-state index contributed by atoms with van der Waals surface area (Å²) < 4.78 is 10.2. The molecule has 0 aliphatic carbocycles. The van der Waals surface area contributed by atoms with E-state index in [-0.39, 0.29) is 0 Å². The third kappa shape index (κ3) is 1.03. The molecule has 3 heteroatoms. The average molecular weight is 163 g/mol. The maximum atomic E-state index is 5.16. The smallest absolute Gasteiger partial charge is 0.175 e. The number of benzene rings is 1. The fraction of sp³-hybridized carbons (Fsp3) is 0.222. The molecule has 0 bridgehead atoms. The van der Waals surface area contributed by atoms with E-state index in [4.69, 9.17) is 9.47 Å². The Hall–Kier alpha value is -1.51. The third-order valence-corrected chi connectivity index (χ3v) is 1.82. The van der Waals surface area contributed by atoms with Gasteiger partial charge in [0.2, 0.25) is 0 Å². The SMILES string of the molecule is COc1cccc2c1COC=N2. The van der Waals surface area contributed by atoms with Crippen molar-refractivity contribution in [1.29, 1.82) is 0 Å². The third-order valence-electron chi connectivity index (χ3n) is 1.82. The van der Waals surface area contributed by atoms with E-state index < -0.39 is 0 Å². The van der Waals surface area contributed by atoms with Crippen LogP contribution >= 0.6 is 0 Å². The van der Waals surface area contributed by atoms with Gasteiger partial charge in [-0.3, -0.25) is 0 Å². The first-order valence-electron chi connectivity index (χ1n) is 3.72. The second kappa shape index (κ2) is 2.85. The van der Waals surface area contributed by atoms with Gasteiger partial charge in [0.25, 0.3) is 0 Å². The number of hydrogen-bond acceptors (Lipinski definition) is 3. The molecule has 3 nitrogen and oxygen atoms in total. The Balaban J connectivity index is 2.53. The summed E-state index contributed by atoms with van der Waals surface area (Å²) in [5.74, 6) is 0.837. The number of nitrogens with zero attached hydrogens (tertiary/aromatic N) is 1. The normalized spacial score (nSPS) is 13.4. The molecule has 0 aromatic heterocycles. The molecule has 0 atom stereocenters. The van der Waals surface area contributed by atoms with Gasteiger partial charge in [-0.1, -0.05) is 6.07 Å². The number of rotatable bonds is 1. The molecule has 0 N–H and O–H groups in total. The molecule has 0 amide bonds. The summed E-state index contributed by atoms with van der Waals surface area (Å²) in [7, 11) is 1.65. The molecular formula is C9H9NO2. The van der Waals surface area contributed by atoms with E-state index >= 15 is 0 Å². The van der Waals surface area contributed by atoms with Crippen LogP contribution in [-0.2, 0) is 11.3 Å². The van der Waals surface area contributed by atoms with Crippen molar-refractivity contribution in [3.05, 3.63) is 23.8 Å². The van der Waals surface area contributed by atoms with Crippen molar-refractivity contribution in [2.75, 3.05) is 7.11 Å². The monoisotopic (exact) mass is 163 g/mol. The van der Waals surface area contributed by atoms with Crippen LogP contribution in [0.15, 0.2) is 23.2 Å². The van der Waals surface area contributed by atoms with Crippen molar-refractivity contribution in [3.63, 3.8) is 0 Å². The zero-order valence-electron chi connectivity index (χ0n) is 6.78. The van der Waals surface area contributed by atoms with Crippen LogP contribution in [0.1, 0.15) is 5.56 Å². The van der Waals surface area contributed by atoms with E-state index in [0.717, 1.165) is 17.0 Å². The highest BCUT2D eigenvalue weighted by Crippen LogP contribution is 2.30. The quantitative estimate of drug-likeness (QED) is 0.632. The van der Waals surface area contributed by atoms with Crippen molar-refractivity contribution < 1.29 is 9.47 Å². The summed E-state index contributed by atoms with van der Waals surface area (Å²) >= 11 is 0. The van der Waals surface area contributed by atoms with Crippen LogP contribution in [0.25, 0.3) is 0 Å². The predicted molar refractivity (Wildman–Crippen MR) is 45.9 cm³/mol. The van der Waals surface area contributed by atoms with Gasteiger partial charge in [-0.05, 0) is 12.1 Å². The Labute approximate surface area is 70.6 Å². The number of methoxy groups -OCH3 is 1. The average Bonchev–Trinajstić information content (AvgIpc) is 2.17. The fourth-order valence-electron chi connectivity index (χ4n) is 1.23. The van der Waals surface area contributed by atoms with E-state index in [1.165, 1.54) is 6.40 Å². The number of aliphatic imine (C=N–C) groups is 1. The Morgan fingerprint density at radius 2 is 2.42 bits per heavy atom. The molecule has 2 rings (SSSR count). The number of fused-ring (bicyclic) bond motifs is 1. The van der Waals surface area contributed by atoms with Crippen molar-refractivity contribution in [2.45, 2.75) is 6.61 Å². The topological polar surface area (TPSA) is 30.8 Å². The van der Waals surface area contributed by atoms with Crippen molar-refractivity contribution in [1.82, 2.24) is 0 Å². The fourth-order valence-corrected chi connectivity index (χ4v) is 1.23. The lowest BCUT2D eigenvalue weighted by molar-refractivity contribution is 0.293. The summed E-state index contributed by atoms with van der Waals surface area (Å²) in [6.45, 7) is 0.544. The largest absolute Gasteiger partial charge is 0.496 e. The Kier molecular flexibility index (Phi) is 1.70. The van der Waals surface area contributed by atoms with Gasteiger partial charge in [0.15, 0.2) is 6.40 Å². The Morgan fingerprint density at radius 1 is 1.50 bits per heavy atom. The minimum Gasteiger partial charge on any atom is -0.496 e. The van der Waals surface area contributed by atoms with Gasteiger partial charge in [0.05, 0.1) is 18.4 Å². The van der Waals surface area contributed by atoms with Gasteiger partial charge >= 0.3 is 0 Å². The molecule has 62 valence electrons. The Bertz CT molecular complexity index is 320. The highest BCUT2D eigenvalue weighted by molar-refractivity contribution is 5.64. The van der Waals surface area contributed by atoms with Crippen molar-refractivity contribution in [2.24, 2.45) is 4.99 Å². The molecule has 0 saturated carbocycles. The number of ether oxygens (including phenoxy) is 2.